The second-order valence-electron chi connectivity index (χ2n) is 4.53. The monoisotopic (exact) mass is 288 g/mol. The van der Waals surface area contributed by atoms with Gasteiger partial charge in [0.15, 0.2) is 0 Å². The minimum atomic E-state index is -3.46. The fraction of sp³-hybridized carbons (Fsp3) is 0.500. The van der Waals surface area contributed by atoms with E-state index >= 15 is 0 Å². The van der Waals surface area contributed by atoms with Gasteiger partial charge in [-0.3, -0.25) is 0 Å². The van der Waals surface area contributed by atoms with Gasteiger partial charge < -0.3 is 5.32 Å². The van der Waals surface area contributed by atoms with Gasteiger partial charge >= 0.3 is 0 Å². The molecule has 100 valence electrons. The zero-order valence-corrected chi connectivity index (χ0v) is 12.1. The predicted octanol–water partition coefficient (Wildman–Crippen LogP) is 1.63. The highest BCUT2D eigenvalue weighted by atomic mass is 35.5. The van der Waals surface area contributed by atoms with Gasteiger partial charge in [-0.25, -0.2) is 8.42 Å². The van der Waals surface area contributed by atoms with E-state index in [1.165, 1.54) is 0 Å². The number of nitrogens with zero attached hydrogens (tertiary/aromatic N) is 1. The Bertz CT molecular complexity index is 545. The number of sulfonamides is 1. The number of rotatable bonds is 2. The van der Waals surface area contributed by atoms with Crippen molar-refractivity contribution in [2.24, 2.45) is 0 Å². The van der Waals surface area contributed by atoms with Crippen LogP contribution in [-0.2, 0) is 10.0 Å². The average molecular weight is 289 g/mol. The molecule has 0 aromatic heterocycles. The van der Waals surface area contributed by atoms with Crippen LogP contribution in [0.2, 0.25) is 5.02 Å². The van der Waals surface area contributed by atoms with E-state index in [4.69, 9.17) is 11.6 Å². The maximum Gasteiger partial charge on any atom is 0.243 e. The molecule has 0 bridgehead atoms. The molecule has 18 heavy (non-hydrogen) atoms. The van der Waals surface area contributed by atoms with Crippen molar-refractivity contribution in [3.8, 4) is 0 Å². The Morgan fingerprint density at radius 3 is 2.83 bits per heavy atom. The first-order valence-electron chi connectivity index (χ1n) is 5.92. The number of hydrogen-bond acceptors (Lipinski definition) is 3. The molecule has 1 aromatic rings. The van der Waals surface area contributed by atoms with E-state index in [2.05, 4.69) is 5.32 Å². The first kappa shape index (κ1) is 13.8. The fourth-order valence-electron chi connectivity index (χ4n) is 2.17. The molecule has 1 atom stereocenters. The lowest BCUT2D eigenvalue weighted by Crippen LogP contribution is -2.52. The molecule has 0 unspecified atom stereocenters. The van der Waals surface area contributed by atoms with Crippen LogP contribution in [0.4, 0.5) is 0 Å². The smallest absolute Gasteiger partial charge is 0.243 e. The molecule has 2 rings (SSSR count). The van der Waals surface area contributed by atoms with Crippen LogP contribution in [0, 0.1) is 6.92 Å². The molecule has 0 spiro atoms. The summed E-state index contributed by atoms with van der Waals surface area (Å²) in [6.45, 7) is 5.50. The highest BCUT2D eigenvalue weighted by Gasteiger charge is 2.32. The molecule has 1 heterocycles. The summed E-state index contributed by atoms with van der Waals surface area (Å²) in [7, 11) is -3.46. The summed E-state index contributed by atoms with van der Waals surface area (Å²) in [6, 6.07) is 4.96. The summed E-state index contributed by atoms with van der Waals surface area (Å²) < 4.78 is 26.8. The van der Waals surface area contributed by atoms with Crippen molar-refractivity contribution in [2.45, 2.75) is 24.8 Å². The minimum absolute atomic E-state index is 0.0397. The molecule has 1 fully saturated rings. The standard InChI is InChI=1S/C12H17ClN2O2S/c1-9-8-14-6-7-15(9)18(16,17)12-5-3-4-11(13)10(12)2/h3-5,9,14H,6-8H2,1-2H3/t9-/m1/s1. The van der Waals surface area contributed by atoms with Crippen LogP contribution in [0.5, 0.6) is 0 Å². The Balaban J connectivity index is 2.44. The van der Waals surface area contributed by atoms with Gasteiger partial charge in [0.05, 0.1) is 4.90 Å². The molecule has 1 N–H and O–H groups in total. The molecule has 1 saturated heterocycles. The average Bonchev–Trinajstić information content (AvgIpc) is 2.32. The molecular weight excluding hydrogens is 272 g/mol. The molecule has 1 aliphatic rings. The fourth-order valence-corrected chi connectivity index (χ4v) is 4.28. The third-order valence-electron chi connectivity index (χ3n) is 3.24. The third kappa shape index (κ3) is 2.40. The maximum absolute atomic E-state index is 12.6. The normalized spacial score (nSPS) is 22.1. The first-order chi connectivity index (χ1) is 8.44. The Hall–Kier alpha value is -0.620. The summed E-state index contributed by atoms with van der Waals surface area (Å²) >= 11 is 6.00. The van der Waals surface area contributed by atoms with Gasteiger partial charge in [-0.2, -0.15) is 4.31 Å². The van der Waals surface area contributed by atoms with E-state index < -0.39 is 10.0 Å². The summed E-state index contributed by atoms with van der Waals surface area (Å²) in [5.74, 6) is 0. The van der Waals surface area contributed by atoms with Crippen LogP contribution >= 0.6 is 11.6 Å². The number of halogens is 1. The Morgan fingerprint density at radius 1 is 1.44 bits per heavy atom. The van der Waals surface area contributed by atoms with E-state index in [0.29, 0.717) is 35.1 Å². The molecule has 1 aliphatic heterocycles. The molecule has 4 nitrogen and oxygen atoms in total. The van der Waals surface area contributed by atoms with Crippen molar-refractivity contribution in [1.29, 1.82) is 0 Å². The summed E-state index contributed by atoms with van der Waals surface area (Å²) in [5, 5.41) is 3.67. The van der Waals surface area contributed by atoms with E-state index in [0.717, 1.165) is 0 Å². The summed E-state index contributed by atoms with van der Waals surface area (Å²) in [5.41, 5.74) is 0.616. The van der Waals surface area contributed by atoms with Gasteiger partial charge in [-0.15, -0.1) is 0 Å². The quantitative estimate of drug-likeness (QED) is 0.900. The van der Waals surface area contributed by atoms with Crippen molar-refractivity contribution in [3.05, 3.63) is 28.8 Å². The van der Waals surface area contributed by atoms with Crippen LogP contribution in [0.15, 0.2) is 23.1 Å². The van der Waals surface area contributed by atoms with Crippen LogP contribution < -0.4 is 5.32 Å². The minimum Gasteiger partial charge on any atom is -0.314 e. The SMILES string of the molecule is Cc1c(Cl)cccc1S(=O)(=O)N1CCNC[C@H]1C. The zero-order valence-electron chi connectivity index (χ0n) is 10.5. The van der Waals surface area contributed by atoms with E-state index in [9.17, 15) is 8.42 Å². The summed E-state index contributed by atoms with van der Waals surface area (Å²) in [4.78, 5) is 0.309. The van der Waals surface area contributed by atoms with E-state index in [1.807, 2.05) is 6.92 Å². The first-order valence-corrected chi connectivity index (χ1v) is 7.74. The number of hydrogen-bond donors (Lipinski definition) is 1. The molecular formula is C12H17ClN2O2S. The number of nitrogens with one attached hydrogen (secondary N) is 1. The van der Waals surface area contributed by atoms with Gasteiger partial charge in [-0.05, 0) is 31.5 Å². The maximum atomic E-state index is 12.6. The lowest BCUT2D eigenvalue weighted by atomic mass is 10.2. The van der Waals surface area contributed by atoms with Gasteiger partial charge in [0.2, 0.25) is 10.0 Å². The number of benzene rings is 1. The van der Waals surface area contributed by atoms with Crippen molar-refractivity contribution in [3.63, 3.8) is 0 Å². The molecule has 0 radical (unpaired) electrons. The Morgan fingerprint density at radius 2 is 2.17 bits per heavy atom. The molecule has 0 saturated carbocycles. The van der Waals surface area contributed by atoms with E-state index in [1.54, 1.807) is 29.4 Å². The number of piperazine rings is 1. The van der Waals surface area contributed by atoms with Crippen LogP contribution in [-0.4, -0.2) is 38.4 Å². The van der Waals surface area contributed by atoms with Crippen molar-refractivity contribution < 1.29 is 8.42 Å². The molecule has 0 amide bonds. The molecule has 1 aromatic carbocycles. The summed E-state index contributed by atoms with van der Waals surface area (Å²) in [6.07, 6.45) is 0. The molecule has 0 aliphatic carbocycles. The van der Waals surface area contributed by atoms with Crippen molar-refractivity contribution in [1.82, 2.24) is 9.62 Å². The van der Waals surface area contributed by atoms with Crippen LogP contribution in [0.25, 0.3) is 0 Å². The zero-order chi connectivity index (χ0) is 13.3. The Labute approximate surface area is 113 Å². The second kappa shape index (κ2) is 5.17. The van der Waals surface area contributed by atoms with Gasteiger partial charge in [-0.1, -0.05) is 17.7 Å². The predicted molar refractivity (Wildman–Crippen MR) is 72.4 cm³/mol. The van der Waals surface area contributed by atoms with Crippen molar-refractivity contribution >= 4 is 21.6 Å². The highest BCUT2D eigenvalue weighted by molar-refractivity contribution is 7.89. The topological polar surface area (TPSA) is 49.4 Å². The highest BCUT2D eigenvalue weighted by Crippen LogP contribution is 2.26. The third-order valence-corrected chi connectivity index (χ3v) is 5.81. The molecule has 6 heteroatoms. The second-order valence-corrected chi connectivity index (χ2v) is 6.80. The van der Waals surface area contributed by atoms with E-state index in [-0.39, 0.29) is 6.04 Å². The Kier molecular flexibility index (Phi) is 3.96. The van der Waals surface area contributed by atoms with Gasteiger partial charge in [0, 0.05) is 30.7 Å². The van der Waals surface area contributed by atoms with Gasteiger partial charge in [0.1, 0.15) is 0 Å². The lowest BCUT2D eigenvalue weighted by Gasteiger charge is -2.33. The van der Waals surface area contributed by atoms with Crippen LogP contribution in [0.3, 0.4) is 0 Å². The lowest BCUT2D eigenvalue weighted by molar-refractivity contribution is 0.283. The largest absolute Gasteiger partial charge is 0.314 e. The van der Waals surface area contributed by atoms with Crippen molar-refractivity contribution in [2.75, 3.05) is 19.6 Å². The van der Waals surface area contributed by atoms with Gasteiger partial charge in [0.25, 0.3) is 0 Å². The van der Waals surface area contributed by atoms with Crippen LogP contribution in [0.1, 0.15) is 12.5 Å².